The molecule has 0 bridgehead atoms. The first kappa shape index (κ1) is 19.9. The van der Waals surface area contributed by atoms with E-state index in [0.717, 1.165) is 22.6 Å². The normalized spacial score (nSPS) is 10.7. The van der Waals surface area contributed by atoms with Crippen molar-refractivity contribution in [1.82, 2.24) is 5.32 Å². The van der Waals surface area contributed by atoms with Crippen LogP contribution < -0.4 is 14.8 Å². The molecule has 4 nitrogen and oxygen atoms in total. The minimum Gasteiger partial charge on any atom is -0.490 e. The van der Waals surface area contributed by atoms with Crippen molar-refractivity contribution in [3.63, 3.8) is 0 Å². The first-order valence-electron chi connectivity index (χ1n) is 8.72. The van der Waals surface area contributed by atoms with Gasteiger partial charge in [-0.1, -0.05) is 29.8 Å². The third-order valence-corrected chi connectivity index (χ3v) is 3.87. The first-order chi connectivity index (χ1) is 12.6. The van der Waals surface area contributed by atoms with Crippen molar-refractivity contribution in [2.75, 3.05) is 19.8 Å². The molecule has 2 aromatic rings. The number of amides is 1. The first-order valence-corrected chi connectivity index (χ1v) is 9.10. The van der Waals surface area contributed by atoms with Gasteiger partial charge in [0, 0.05) is 17.6 Å². The topological polar surface area (TPSA) is 47.6 Å². The Labute approximate surface area is 159 Å². The Morgan fingerprint density at radius 1 is 1.04 bits per heavy atom. The van der Waals surface area contributed by atoms with Gasteiger partial charge in [-0.15, -0.1) is 0 Å². The SMILES string of the molecule is CCOc1ccc(CCNC(=O)/C=C/c2ccc(Cl)cc2)cc1OCC. The second-order valence-corrected chi connectivity index (χ2v) is 6.01. The maximum atomic E-state index is 11.9. The van der Waals surface area contributed by atoms with Crippen LogP contribution in [0.1, 0.15) is 25.0 Å². The number of ether oxygens (including phenoxy) is 2. The number of benzene rings is 2. The van der Waals surface area contributed by atoms with Gasteiger partial charge >= 0.3 is 0 Å². The zero-order chi connectivity index (χ0) is 18.8. The molecular weight excluding hydrogens is 350 g/mol. The molecule has 0 radical (unpaired) electrons. The molecule has 138 valence electrons. The van der Waals surface area contributed by atoms with Crippen LogP contribution in [0.2, 0.25) is 5.02 Å². The lowest BCUT2D eigenvalue weighted by Gasteiger charge is -2.12. The van der Waals surface area contributed by atoms with Crippen molar-refractivity contribution < 1.29 is 14.3 Å². The highest BCUT2D eigenvalue weighted by molar-refractivity contribution is 6.30. The van der Waals surface area contributed by atoms with Gasteiger partial charge in [-0.05, 0) is 61.7 Å². The lowest BCUT2D eigenvalue weighted by atomic mass is 10.1. The summed E-state index contributed by atoms with van der Waals surface area (Å²) < 4.78 is 11.2. The summed E-state index contributed by atoms with van der Waals surface area (Å²) >= 11 is 5.84. The number of carbonyl (C=O) groups is 1. The van der Waals surface area contributed by atoms with Crippen LogP contribution in [0.5, 0.6) is 11.5 Å². The van der Waals surface area contributed by atoms with E-state index in [0.29, 0.717) is 31.2 Å². The fraction of sp³-hybridized carbons (Fsp3) is 0.286. The smallest absolute Gasteiger partial charge is 0.244 e. The summed E-state index contributed by atoms with van der Waals surface area (Å²) in [7, 11) is 0. The van der Waals surface area contributed by atoms with E-state index in [9.17, 15) is 4.79 Å². The maximum absolute atomic E-state index is 11.9. The van der Waals surface area contributed by atoms with Gasteiger partial charge in [0.2, 0.25) is 5.91 Å². The summed E-state index contributed by atoms with van der Waals surface area (Å²) in [6.45, 7) is 5.60. The van der Waals surface area contributed by atoms with Crippen molar-refractivity contribution in [3.05, 3.63) is 64.7 Å². The zero-order valence-electron chi connectivity index (χ0n) is 15.1. The highest BCUT2D eigenvalue weighted by atomic mass is 35.5. The molecule has 0 atom stereocenters. The molecule has 0 spiro atoms. The summed E-state index contributed by atoms with van der Waals surface area (Å²) in [5.41, 5.74) is 2.01. The van der Waals surface area contributed by atoms with E-state index >= 15 is 0 Å². The highest BCUT2D eigenvalue weighted by Gasteiger charge is 2.06. The van der Waals surface area contributed by atoms with E-state index in [1.165, 1.54) is 6.08 Å². The Morgan fingerprint density at radius 3 is 2.42 bits per heavy atom. The molecule has 0 fully saturated rings. The second-order valence-electron chi connectivity index (χ2n) is 5.57. The molecule has 2 rings (SSSR count). The Bertz CT molecular complexity index is 741. The van der Waals surface area contributed by atoms with Crippen molar-refractivity contribution in [2.24, 2.45) is 0 Å². The van der Waals surface area contributed by atoms with Crippen LogP contribution in [0.4, 0.5) is 0 Å². The Hall–Kier alpha value is -2.46. The van der Waals surface area contributed by atoms with Gasteiger partial charge in [-0.3, -0.25) is 4.79 Å². The van der Waals surface area contributed by atoms with Gasteiger partial charge < -0.3 is 14.8 Å². The van der Waals surface area contributed by atoms with Crippen molar-refractivity contribution in [2.45, 2.75) is 20.3 Å². The van der Waals surface area contributed by atoms with Crippen LogP contribution in [0.25, 0.3) is 6.08 Å². The number of rotatable bonds is 9. The van der Waals surface area contributed by atoms with E-state index in [1.807, 2.05) is 44.2 Å². The van der Waals surface area contributed by atoms with Crippen LogP contribution in [-0.4, -0.2) is 25.7 Å². The quantitative estimate of drug-likeness (QED) is 0.658. The average molecular weight is 374 g/mol. The van der Waals surface area contributed by atoms with Gasteiger partial charge in [0.15, 0.2) is 11.5 Å². The van der Waals surface area contributed by atoms with Crippen molar-refractivity contribution >= 4 is 23.6 Å². The fourth-order valence-electron chi connectivity index (χ4n) is 2.39. The van der Waals surface area contributed by atoms with Crippen molar-refractivity contribution in [1.29, 1.82) is 0 Å². The molecule has 1 N–H and O–H groups in total. The number of halogens is 1. The van der Waals surface area contributed by atoms with Crippen LogP contribution >= 0.6 is 11.6 Å². The second kappa shape index (κ2) is 10.5. The van der Waals surface area contributed by atoms with Gasteiger partial charge in [0.1, 0.15) is 0 Å². The molecular formula is C21H24ClNO3. The van der Waals surface area contributed by atoms with Gasteiger partial charge in [-0.2, -0.15) is 0 Å². The number of carbonyl (C=O) groups excluding carboxylic acids is 1. The standard InChI is InChI=1S/C21H24ClNO3/c1-3-25-19-11-7-17(15-20(19)26-4-2)13-14-23-21(24)12-8-16-5-9-18(22)10-6-16/h5-12,15H,3-4,13-14H2,1-2H3,(H,23,24)/b12-8+. The van der Waals surface area contributed by atoms with E-state index in [2.05, 4.69) is 5.32 Å². The minimum absolute atomic E-state index is 0.129. The molecule has 2 aromatic carbocycles. The summed E-state index contributed by atoms with van der Waals surface area (Å²) in [6.07, 6.45) is 4.00. The van der Waals surface area contributed by atoms with E-state index < -0.39 is 0 Å². The lowest BCUT2D eigenvalue weighted by molar-refractivity contribution is -0.116. The van der Waals surface area contributed by atoms with E-state index in [-0.39, 0.29) is 5.91 Å². The Balaban J connectivity index is 1.85. The molecule has 0 unspecified atom stereocenters. The third-order valence-electron chi connectivity index (χ3n) is 3.62. The Morgan fingerprint density at radius 2 is 1.73 bits per heavy atom. The fourth-order valence-corrected chi connectivity index (χ4v) is 2.51. The largest absolute Gasteiger partial charge is 0.490 e. The predicted octanol–water partition coefficient (Wildman–Crippen LogP) is 4.51. The van der Waals surface area contributed by atoms with Gasteiger partial charge in [0.05, 0.1) is 13.2 Å². The molecule has 0 aliphatic heterocycles. The number of nitrogens with one attached hydrogen (secondary N) is 1. The molecule has 1 amide bonds. The number of hydrogen-bond donors (Lipinski definition) is 1. The zero-order valence-corrected chi connectivity index (χ0v) is 15.9. The molecule has 0 aromatic heterocycles. The predicted molar refractivity (Wildman–Crippen MR) is 106 cm³/mol. The minimum atomic E-state index is -0.129. The molecule has 26 heavy (non-hydrogen) atoms. The summed E-state index contributed by atoms with van der Waals surface area (Å²) in [6, 6.07) is 13.2. The summed E-state index contributed by atoms with van der Waals surface area (Å²) in [4.78, 5) is 11.9. The molecule has 0 heterocycles. The third kappa shape index (κ3) is 6.45. The average Bonchev–Trinajstić information content (AvgIpc) is 2.64. The van der Waals surface area contributed by atoms with Crippen LogP contribution in [0.15, 0.2) is 48.5 Å². The van der Waals surface area contributed by atoms with E-state index in [4.69, 9.17) is 21.1 Å². The van der Waals surface area contributed by atoms with Crippen LogP contribution in [0, 0.1) is 0 Å². The molecule has 5 heteroatoms. The molecule has 0 saturated heterocycles. The highest BCUT2D eigenvalue weighted by Crippen LogP contribution is 2.28. The monoisotopic (exact) mass is 373 g/mol. The molecule has 0 aliphatic carbocycles. The van der Waals surface area contributed by atoms with Crippen LogP contribution in [-0.2, 0) is 11.2 Å². The van der Waals surface area contributed by atoms with Gasteiger partial charge in [-0.25, -0.2) is 0 Å². The Kier molecular flexibility index (Phi) is 8.03. The molecule has 0 saturated carbocycles. The van der Waals surface area contributed by atoms with E-state index in [1.54, 1.807) is 18.2 Å². The van der Waals surface area contributed by atoms with Gasteiger partial charge in [0.25, 0.3) is 0 Å². The van der Waals surface area contributed by atoms with Crippen molar-refractivity contribution in [3.8, 4) is 11.5 Å². The van der Waals surface area contributed by atoms with Crippen LogP contribution in [0.3, 0.4) is 0 Å². The lowest BCUT2D eigenvalue weighted by Crippen LogP contribution is -2.23. The maximum Gasteiger partial charge on any atom is 0.244 e. The summed E-state index contributed by atoms with van der Waals surface area (Å²) in [5.74, 6) is 1.35. The summed E-state index contributed by atoms with van der Waals surface area (Å²) in [5, 5.41) is 3.55. The number of hydrogen-bond acceptors (Lipinski definition) is 3. The molecule has 0 aliphatic rings.